The number of nitrogens with one attached hydrogen (secondary N) is 3. The Hall–Kier alpha value is -2.06. The van der Waals surface area contributed by atoms with E-state index in [4.69, 9.17) is 9.15 Å². The number of hydrogen-bond donors (Lipinski definition) is 3. The average Bonchev–Trinajstić information content (AvgIpc) is 3.16. The number of hydrogen-bond acceptors (Lipinski definition) is 5. The van der Waals surface area contributed by atoms with Gasteiger partial charge >= 0.3 is 0 Å². The van der Waals surface area contributed by atoms with Gasteiger partial charge in [0.2, 0.25) is 5.91 Å². The van der Waals surface area contributed by atoms with Gasteiger partial charge in [-0.05, 0) is 32.0 Å². The summed E-state index contributed by atoms with van der Waals surface area (Å²) in [6.45, 7) is 8.73. The molecule has 1 fully saturated rings. The third-order valence-electron chi connectivity index (χ3n) is 3.81. The van der Waals surface area contributed by atoms with Gasteiger partial charge in [-0.1, -0.05) is 0 Å². The van der Waals surface area contributed by atoms with Crippen LogP contribution in [0.25, 0.3) is 0 Å². The minimum absolute atomic E-state index is 0.0828. The first kappa shape index (κ1) is 19.3. The molecule has 1 saturated heterocycles. The SMILES string of the molecule is CCNC(=NCC(=O)NCc1ccco1)NCCCN1CCOCC1. The number of ether oxygens (including phenoxy) is 1. The summed E-state index contributed by atoms with van der Waals surface area (Å²) in [6, 6.07) is 3.62. The van der Waals surface area contributed by atoms with E-state index in [0.29, 0.717) is 12.5 Å². The highest BCUT2D eigenvalue weighted by atomic mass is 16.5. The molecule has 8 heteroatoms. The normalized spacial score (nSPS) is 15.8. The van der Waals surface area contributed by atoms with Crippen LogP contribution < -0.4 is 16.0 Å². The zero-order valence-corrected chi connectivity index (χ0v) is 14.9. The summed E-state index contributed by atoms with van der Waals surface area (Å²) in [4.78, 5) is 18.6. The molecule has 3 N–H and O–H groups in total. The van der Waals surface area contributed by atoms with Gasteiger partial charge in [-0.25, -0.2) is 4.99 Å². The molecular formula is C17H29N5O3. The van der Waals surface area contributed by atoms with Crippen molar-refractivity contribution in [3.8, 4) is 0 Å². The van der Waals surface area contributed by atoms with E-state index in [9.17, 15) is 4.79 Å². The van der Waals surface area contributed by atoms with Crippen LogP contribution in [0.5, 0.6) is 0 Å². The zero-order valence-electron chi connectivity index (χ0n) is 14.9. The van der Waals surface area contributed by atoms with Crippen LogP contribution in [0.15, 0.2) is 27.8 Å². The topological polar surface area (TPSA) is 91.1 Å². The maximum absolute atomic E-state index is 11.8. The maximum Gasteiger partial charge on any atom is 0.242 e. The molecule has 1 amide bonds. The van der Waals surface area contributed by atoms with Gasteiger partial charge in [0.25, 0.3) is 0 Å². The van der Waals surface area contributed by atoms with E-state index in [1.807, 2.05) is 13.0 Å². The van der Waals surface area contributed by atoms with Gasteiger partial charge < -0.3 is 25.1 Å². The quantitative estimate of drug-likeness (QED) is 0.334. The molecular weight excluding hydrogens is 322 g/mol. The molecule has 0 spiro atoms. The Labute approximate surface area is 149 Å². The van der Waals surface area contributed by atoms with Crippen molar-refractivity contribution in [2.45, 2.75) is 19.9 Å². The summed E-state index contributed by atoms with van der Waals surface area (Å²) in [7, 11) is 0. The van der Waals surface area contributed by atoms with Gasteiger partial charge in [-0.15, -0.1) is 0 Å². The van der Waals surface area contributed by atoms with Crippen LogP contribution in [0.2, 0.25) is 0 Å². The number of amides is 1. The molecule has 0 saturated carbocycles. The Balaban J connectivity index is 1.63. The fourth-order valence-corrected chi connectivity index (χ4v) is 2.48. The van der Waals surface area contributed by atoms with Gasteiger partial charge in [0.15, 0.2) is 5.96 Å². The average molecular weight is 351 g/mol. The molecule has 2 rings (SSSR count). The summed E-state index contributed by atoms with van der Waals surface area (Å²) >= 11 is 0. The van der Waals surface area contributed by atoms with Gasteiger partial charge in [0.05, 0.1) is 26.0 Å². The highest BCUT2D eigenvalue weighted by Gasteiger charge is 2.09. The van der Waals surface area contributed by atoms with E-state index in [0.717, 1.165) is 58.1 Å². The first-order valence-corrected chi connectivity index (χ1v) is 8.89. The third kappa shape index (κ3) is 8.04. The van der Waals surface area contributed by atoms with Crippen LogP contribution in [-0.4, -0.2) is 69.2 Å². The minimum Gasteiger partial charge on any atom is -0.467 e. The van der Waals surface area contributed by atoms with E-state index >= 15 is 0 Å². The van der Waals surface area contributed by atoms with Crippen molar-refractivity contribution >= 4 is 11.9 Å². The monoisotopic (exact) mass is 351 g/mol. The van der Waals surface area contributed by atoms with Crippen LogP contribution in [0.4, 0.5) is 0 Å². The summed E-state index contributed by atoms with van der Waals surface area (Å²) < 4.78 is 10.5. The molecule has 0 aliphatic carbocycles. The van der Waals surface area contributed by atoms with E-state index in [1.54, 1.807) is 12.3 Å². The first-order valence-electron chi connectivity index (χ1n) is 8.89. The van der Waals surface area contributed by atoms with Crippen LogP contribution in [-0.2, 0) is 16.1 Å². The summed E-state index contributed by atoms with van der Waals surface area (Å²) in [5, 5.41) is 9.20. The second kappa shape index (κ2) is 11.5. The standard InChI is InChI=1S/C17H29N5O3/c1-2-18-17(19-6-4-7-22-8-11-24-12-9-22)21-14-16(23)20-13-15-5-3-10-25-15/h3,5,10H,2,4,6-9,11-14H2,1H3,(H,20,23)(H2,18,19,21). The highest BCUT2D eigenvalue weighted by Crippen LogP contribution is 1.98. The van der Waals surface area contributed by atoms with Gasteiger partial charge in [0, 0.05) is 26.2 Å². The van der Waals surface area contributed by atoms with E-state index in [2.05, 4.69) is 25.8 Å². The van der Waals surface area contributed by atoms with Crippen molar-refractivity contribution in [2.24, 2.45) is 4.99 Å². The van der Waals surface area contributed by atoms with Crippen molar-refractivity contribution in [3.63, 3.8) is 0 Å². The van der Waals surface area contributed by atoms with E-state index in [1.165, 1.54) is 0 Å². The molecule has 1 aromatic rings. The first-order chi connectivity index (χ1) is 12.3. The fraction of sp³-hybridized carbons (Fsp3) is 0.647. The summed E-state index contributed by atoms with van der Waals surface area (Å²) in [5.41, 5.74) is 0. The van der Waals surface area contributed by atoms with Crippen LogP contribution >= 0.6 is 0 Å². The molecule has 1 aliphatic rings. The Morgan fingerprint density at radius 3 is 2.84 bits per heavy atom. The molecule has 1 aliphatic heterocycles. The lowest BCUT2D eigenvalue weighted by molar-refractivity contribution is -0.119. The summed E-state index contributed by atoms with van der Waals surface area (Å²) in [5.74, 6) is 1.25. The van der Waals surface area contributed by atoms with Crippen molar-refractivity contribution in [3.05, 3.63) is 24.2 Å². The van der Waals surface area contributed by atoms with Crippen LogP contribution in [0, 0.1) is 0 Å². The maximum atomic E-state index is 11.8. The lowest BCUT2D eigenvalue weighted by Crippen LogP contribution is -2.41. The van der Waals surface area contributed by atoms with Crippen molar-refractivity contribution < 1.29 is 13.9 Å². The predicted octanol–water partition coefficient (Wildman–Crippen LogP) is 0.173. The molecule has 8 nitrogen and oxygen atoms in total. The Morgan fingerprint density at radius 1 is 1.28 bits per heavy atom. The molecule has 0 atom stereocenters. The molecule has 140 valence electrons. The molecule has 0 unspecified atom stereocenters. The van der Waals surface area contributed by atoms with Gasteiger partial charge in [-0.3, -0.25) is 9.69 Å². The summed E-state index contributed by atoms with van der Waals surface area (Å²) in [6.07, 6.45) is 2.61. The van der Waals surface area contributed by atoms with Gasteiger partial charge in [-0.2, -0.15) is 0 Å². The van der Waals surface area contributed by atoms with Crippen molar-refractivity contribution in [1.82, 2.24) is 20.9 Å². The smallest absolute Gasteiger partial charge is 0.242 e. The molecule has 0 bridgehead atoms. The number of aliphatic imine (C=N–C) groups is 1. The van der Waals surface area contributed by atoms with Gasteiger partial charge in [0.1, 0.15) is 12.3 Å². The molecule has 0 aromatic carbocycles. The number of furan rings is 1. The molecule has 1 aromatic heterocycles. The largest absolute Gasteiger partial charge is 0.467 e. The number of carbonyl (C=O) groups excluding carboxylic acids is 1. The second-order valence-corrected chi connectivity index (χ2v) is 5.79. The Morgan fingerprint density at radius 2 is 2.12 bits per heavy atom. The second-order valence-electron chi connectivity index (χ2n) is 5.79. The van der Waals surface area contributed by atoms with Crippen LogP contribution in [0.1, 0.15) is 19.1 Å². The van der Waals surface area contributed by atoms with E-state index in [-0.39, 0.29) is 12.5 Å². The zero-order chi connectivity index (χ0) is 17.7. The van der Waals surface area contributed by atoms with E-state index < -0.39 is 0 Å². The Kier molecular flexibility index (Phi) is 8.85. The Bertz CT molecular complexity index is 512. The molecule has 0 radical (unpaired) electrons. The van der Waals surface area contributed by atoms with Crippen LogP contribution in [0.3, 0.4) is 0 Å². The molecule has 2 heterocycles. The molecule has 25 heavy (non-hydrogen) atoms. The van der Waals surface area contributed by atoms with Crippen molar-refractivity contribution in [1.29, 1.82) is 0 Å². The number of rotatable bonds is 9. The number of morpholine rings is 1. The van der Waals surface area contributed by atoms with Crippen molar-refractivity contribution in [2.75, 3.05) is 52.5 Å². The highest BCUT2D eigenvalue weighted by molar-refractivity contribution is 5.84. The number of nitrogens with zero attached hydrogens (tertiary/aromatic N) is 2. The predicted molar refractivity (Wildman–Crippen MR) is 96.4 cm³/mol. The number of carbonyl (C=O) groups is 1. The fourth-order valence-electron chi connectivity index (χ4n) is 2.48. The number of guanidine groups is 1. The minimum atomic E-state index is -0.137. The third-order valence-corrected chi connectivity index (χ3v) is 3.81. The lowest BCUT2D eigenvalue weighted by atomic mass is 10.3. The lowest BCUT2D eigenvalue weighted by Gasteiger charge is -2.26.